The van der Waals surface area contributed by atoms with Crippen molar-refractivity contribution in [2.75, 3.05) is 14.2 Å². The Bertz CT molecular complexity index is 397. The van der Waals surface area contributed by atoms with Gasteiger partial charge in [0.05, 0.1) is 0 Å². The Kier molecular flexibility index (Phi) is 29.8. The molecule has 0 aromatic rings. The molecule has 0 bridgehead atoms. The highest BCUT2D eigenvalue weighted by molar-refractivity contribution is 6.67. The van der Waals surface area contributed by atoms with Crippen molar-refractivity contribution in [1.29, 1.82) is 0 Å². The zero-order valence-corrected chi connectivity index (χ0v) is 26.8. The monoisotopic (exact) mass is 527 g/mol. The predicted octanol–water partition coefficient (Wildman–Crippen LogP) is 12.3. The van der Waals surface area contributed by atoms with Crippen LogP contribution in [0.4, 0.5) is 0 Å². The molecular formula is C33H70O2Si. The molecule has 3 heteroatoms. The zero-order chi connectivity index (χ0) is 26.4. The molecule has 218 valence electrons. The van der Waals surface area contributed by atoms with E-state index in [2.05, 4.69) is 13.8 Å². The third kappa shape index (κ3) is 24.5. The fraction of sp³-hybridized carbons (Fsp3) is 1.00. The van der Waals surface area contributed by atoms with Crippen molar-refractivity contribution in [3.8, 4) is 0 Å². The largest absolute Gasteiger partial charge is 0.398 e. The molecular weight excluding hydrogens is 456 g/mol. The molecule has 0 aliphatic heterocycles. The van der Waals surface area contributed by atoms with Gasteiger partial charge in [-0.1, -0.05) is 187 Å². The molecule has 0 amide bonds. The molecule has 0 spiro atoms. The van der Waals surface area contributed by atoms with Crippen LogP contribution in [-0.2, 0) is 8.85 Å². The molecule has 0 aliphatic rings. The van der Waals surface area contributed by atoms with E-state index in [-0.39, 0.29) is 0 Å². The summed E-state index contributed by atoms with van der Waals surface area (Å²) < 4.78 is 12.0. The van der Waals surface area contributed by atoms with Gasteiger partial charge in [-0.2, -0.15) is 0 Å². The lowest BCUT2D eigenvalue weighted by molar-refractivity contribution is 0.238. The highest BCUT2D eigenvalue weighted by atomic mass is 28.4. The van der Waals surface area contributed by atoms with Crippen LogP contribution in [0.2, 0.25) is 12.1 Å². The van der Waals surface area contributed by atoms with Gasteiger partial charge in [0.15, 0.2) is 0 Å². The van der Waals surface area contributed by atoms with Gasteiger partial charge in [-0.3, -0.25) is 0 Å². The first-order valence-corrected chi connectivity index (χ1v) is 19.1. The van der Waals surface area contributed by atoms with Crippen molar-refractivity contribution in [1.82, 2.24) is 0 Å². The van der Waals surface area contributed by atoms with E-state index in [1.807, 2.05) is 14.2 Å². The summed E-state index contributed by atoms with van der Waals surface area (Å²) in [5.41, 5.74) is 0. The van der Waals surface area contributed by atoms with Crippen molar-refractivity contribution >= 4 is 8.56 Å². The average molecular weight is 527 g/mol. The lowest BCUT2D eigenvalue weighted by Gasteiger charge is -2.27. The van der Waals surface area contributed by atoms with Crippen LogP contribution in [0.5, 0.6) is 0 Å². The predicted molar refractivity (Wildman–Crippen MR) is 165 cm³/mol. The van der Waals surface area contributed by atoms with Crippen molar-refractivity contribution in [3.63, 3.8) is 0 Å². The second-order valence-electron chi connectivity index (χ2n) is 11.7. The lowest BCUT2D eigenvalue weighted by atomic mass is 10.0. The van der Waals surface area contributed by atoms with Gasteiger partial charge in [-0.25, -0.2) is 0 Å². The van der Waals surface area contributed by atoms with E-state index < -0.39 is 8.56 Å². The number of rotatable bonds is 31. The Hall–Kier alpha value is 0.137. The summed E-state index contributed by atoms with van der Waals surface area (Å²) in [4.78, 5) is 0. The summed E-state index contributed by atoms with van der Waals surface area (Å²) in [5, 5.41) is 0. The second-order valence-corrected chi connectivity index (χ2v) is 15.3. The standard InChI is InChI=1S/C33H70O2Si/c1-5-7-9-11-13-15-17-19-20-21-23-25-27-29-31-33-36(34-3,35-4)32-30-28-26-24-22-18-16-14-12-10-8-6-2/h5-33H2,1-4H3. The molecule has 0 N–H and O–H groups in total. The number of hydrogen-bond donors (Lipinski definition) is 0. The van der Waals surface area contributed by atoms with E-state index in [0.29, 0.717) is 0 Å². The molecule has 0 rings (SSSR count). The summed E-state index contributed by atoms with van der Waals surface area (Å²) in [6, 6.07) is 2.38. The third-order valence-corrected chi connectivity index (χ3v) is 12.0. The Balaban J connectivity index is 3.54. The van der Waals surface area contributed by atoms with Crippen molar-refractivity contribution in [2.45, 2.75) is 199 Å². The molecule has 2 nitrogen and oxygen atoms in total. The van der Waals surface area contributed by atoms with Gasteiger partial charge >= 0.3 is 8.56 Å². The lowest BCUT2D eigenvalue weighted by Crippen LogP contribution is -2.39. The van der Waals surface area contributed by atoms with Crippen molar-refractivity contribution in [2.24, 2.45) is 0 Å². The number of hydrogen-bond acceptors (Lipinski definition) is 2. The van der Waals surface area contributed by atoms with Crippen molar-refractivity contribution in [3.05, 3.63) is 0 Å². The Labute approximate surface area is 230 Å². The minimum Gasteiger partial charge on any atom is -0.398 e. The van der Waals surface area contributed by atoms with Gasteiger partial charge in [0.1, 0.15) is 0 Å². The maximum atomic E-state index is 6.02. The molecule has 0 unspecified atom stereocenters. The van der Waals surface area contributed by atoms with Gasteiger partial charge < -0.3 is 8.85 Å². The second kappa shape index (κ2) is 29.7. The first kappa shape index (κ1) is 36.1. The maximum Gasteiger partial charge on any atom is 0.337 e. The Morgan fingerprint density at radius 3 is 0.694 bits per heavy atom. The van der Waals surface area contributed by atoms with Gasteiger partial charge in [0.25, 0.3) is 0 Å². The molecule has 0 atom stereocenters. The summed E-state index contributed by atoms with van der Waals surface area (Å²) >= 11 is 0. The van der Waals surface area contributed by atoms with Gasteiger partial charge in [0, 0.05) is 14.2 Å². The van der Waals surface area contributed by atoms with Crippen LogP contribution in [0.25, 0.3) is 0 Å². The SMILES string of the molecule is CCCCCCCCCCCCCCCCC[Si](CCCCCCCCCCCCCC)(OC)OC. The van der Waals surface area contributed by atoms with Crippen LogP contribution in [0.15, 0.2) is 0 Å². The number of unbranched alkanes of at least 4 members (excludes halogenated alkanes) is 25. The molecule has 0 radical (unpaired) electrons. The molecule has 0 saturated carbocycles. The molecule has 0 aromatic heterocycles. The van der Waals surface area contributed by atoms with Crippen LogP contribution in [0, 0.1) is 0 Å². The zero-order valence-electron chi connectivity index (χ0n) is 25.8. The van der Waals surface area contributed by atoms with Crippen molar-refractivity contribution < 1.29 is 8.85 Å². The maximum absolute atomic E-state index is 6.02. The summed E-state index contributed by atoms with van der Waals surface area (Å²) in [6.45, 7) is 4.60. The van der Waals surface area contributed by atoms with Gasteiger partial charge in [-0.05, 0) is 12.1 Å². The minimum absolute atomic E-state index is 1.19. The van der Waals surface area contributed by atoms with E-state index >= 15 is 0 Å². The van der Waals surface area contributed by atoms with Gasteiger partial charge in [-0.15, -0.1) is 0 Å². The average Bonchev–Trinajstić information content (AvgIpc) is 2.90. The molecule has 36 heavy (non-hydrogen) atoms. The third-order valence-electron chi connectivity index (χ3n) is 8.32. The van der Waals surface area contributed by atoms with Crippen LogP contribution >= 0.6 is 0 Å². The quantitative estimate of drug-likeness (QED) is 0.0660. The highest BCUT2D eigenvalue weighted by Crippen LogP contribution is 2.25. The summed E-state index contributed by atoms with van der Waals surface area (Å²) in [6.07, 6.45) is 38.3. The first-order valence-electron chi connectivity index (χ1n) is 16.8. The molecule has 0 aliphatic carbocycles. The highest BCUT2D eigenvalue weighted by Gasteiger charge is 2.33. The van der Waals surface area contributed by atoms with Crippen LogP contribution in [0.3, 0.4) is 0 Å². The Morgan fingerprint density at radius 1 is 0.306 bits per heavy atom. The van der Waals surface area contributed by atoms with Crippen LogP contribution < -0.4 is 0 Å². The van der Waals surface area contributed by atoms with E-state index in [0.717, 1.165) is 0 Å². The van der Waals surface area contributed by atoms with E-state index in [4.69, 9.17) is 8.85 Å². The van der Waals surface area contributed by atoms with E-state index in [1.54, 1.807) is 0 Å². The molecule has 0 fully saturated rings. The van der Waals surface area contributed by atoms with E-state index in [1.165, 1.54) is 185 Å². The van der Waals surface area contributed by atoms with Gasteiger partial charge in [0.2, 0.25) is 0 Å². The fourth-order valence-electron chi connectivity index (χ4n) is 5.62. The smallest absolute Gasteiger partial charge is 0.337 e. The van der Waals surface area contributed by atoms with Crippen LogP contribution in [0.1, 0.15) is 187 Å². The molecule has 0 saturated heterocycles. The molecule has 0 heterocycles. The fourth-order valence-corrected chi connectivity index (χ4v) is 8.43. The van der Waals surface area contributed by atoms with E-state index in [9.17, 15) is 0 Å². The molecule has 0 aromatic carbocycles. The van der Waals surface area contributed by atoms with Crippen LogP contribution in [-0.4, -0.2) is 22.8 Å². The minimum atomic E-state index is -1.95. The normalized spacial score (nSPS) is 12.0. The summed E-state index contributed by atoms with van der Waals surface area (Å²) in [7, 11) is 1.86. The topological polar surface area (TPSA) is 18.5 Å². The Morgan fingerprint density at radius 2 is 0.500 bits per heavy atom. The first-order chi connectivity index (χ1) is 17.7. The summed E-state index contributed by atoms with van der Waals surface area (Å²) in [5.74, 6) is 0.